The molecule has 1 heterocycles. The SMILES string of the molecule is COc1nc(OC)nc(C(=O)c2cccc(F)c2NS(=O)(=O)C(F)(F)F)n1. The Balaban J connectivity index is 2.57. The van der Waals surface area contributed by atoms with Gasteiger partial charge < -0.3 is 9.47 Å². The van der Waals surface area contributed by atoms with Crippen LogP contribution in [0, 0.1) is 5.82 Å². The molecule has 0 unspecified atom stereocenters. The lowest BCUT2D eigenvalue weighted by atomic mass is 10.1. The van der Waals surface area contributed by atoms with Gasteiger partial charge in [-0.25, -0.2) is 4.39 Å². The number of carbonyl (C=O) groups excluding carboxylic acids is 1. The Labute approximate surface area is 149 Å². The molecule has 27 heavy (non-hydrogen) atoms. The van der Waals surface area contributed by atoms with E-state index in [0.29, 0.717) is 6.07 Å². The van der Waals surface area contributed by atoms with E-state index in [1.54, 1.807) is 0 Å². The van der Waals surface area contributed by atoms with Crippen LogP contribution in [0.4, 0.5) is 23.2 Å². The van der Waals surface area contributed by atoms with E-state index < -0.39 is 44.2 Å². The molecule has 0 spiro atoms. The van der Waals surface area contributed by atoms with Crippen molar-refractivity contribution < 1.29 is 40.2 Å². The molecule has 0 amide bonds. The summed E-state index contributed by atoms with van der Waals surface area (Å²) in [5.74, 6) is -3.29. The van der Waals surface area contributed by atoms with E-state index in [4.69, 9.17) is 9.47 Å². The highest BCUT2D eigenvalue weighted by molar-refractivity contribution is 7.93. The Bertz CT molecular complexity index is 959. The molecule has 2 aromatic rings. The number of anilines is 1. The molecule has 0 bridgehead atoms. The van der Waals surface area contributed by atoms with E-state index in [2.05, 4.69) is 15.0 Å². The van der Waals surface area contributed by atoms with Gasteiger partial charge in [-0.3, -0.25) is 9.52 Å². The average molecular weight is 410 g/mol. The molecule has 14 heteroatoms. The standard InChI is InChI=1S/C13H10F4N4O5S/c1-25-11-18-10(19-12(20-11)26-2)9(22)6-4-3-5-7(14)8(6)21-27(23,24)13(15,16)17/h3-5,21H,1-2H3. The van der Waals surface area contributed by atoms with Gasteiger partial charge in [-0.15, -0.1) is 4.98 Å². The largest absolute Gasteiger partial charge is 0.516 e. The Hall–Kier alpha value is -3.03. The minimum absolute atomic E-state index is 0.362. The second-order valence-electron chi connectivity index (χ2n) is 4.68. The van der Waals surface area contributed by atoms with Crippen LogP contribution in [-0.2, 0) is 10.0 Å². The maximum atomic E-state index is 14.0. The highest BCUT2D eigenvalue weighted by Gasteiger charge is 2.46. The van der Waals surface area contributed by atoms with Crippen molar-refractivity contribution in [2.24, 2.45) is 0 Å². The van der Waals surface area contributed by atoms with E-state index in [9.17, 15) is 30.8 Å². The first-order valence-corrected chi connectivity index (χ1v) is 8.25. The fraction of sp³-hybridized carbons (Fsp3) is 0.231. The lowest BCUT2D eigenvalue weighted by Gasteiger charge is -2.14. The number of sulfonamides is 1. The molecule has 9 nitrogen and oxygen atoms in total. The summed E-state index contributed by atoms with van der Waals surface area (Å²) in [6.07, 6.45) is 0. The van der Waals surface area contributed by atoms with Crippen LogP contribution in [0.5, 0.6) is 12.0 Å². The number of benzene rings is 1. The van der Waals surface area contributed by atoms with Crippen LogP contribution >= 0.6 is 0 Å². The molecule has 2 rings (SSSR count). The van der Waals surface area contributed by atoms with Crippen molar-refractivity contribution in [3.8, 4) is 12.0 Å². The maximum absolute atomic E-state index is 14.0. The molecular weight excluding hydrogens is 400 g/mol. The summed E-state index contributed by atoms with van der Waals surface area (Å²) in [7, 11) is -3.66. The topological polar surface area (TPSA) is 120 Å². The predicted molar refractivity (Wildman–Crippen MR) is 81.4 cm³/mol. The van der Waals surface area contributed by atoms with Crippen LogP contribution in [0.25, 0.3) is 0 Å². The Morgan fingerprint density at radius 1 is 1.07 bits per heavy atom. The minimum atomic E-state index is -5.98. The smallest absolute Gasteiger partial charge is 0.467 e. The molecule has 1 N–H and O–H groups in total. The van der Waals surface area contributed by atoms with E-state index in [1.165, 1.54) is 0 Å². The van der Waals surface area contributed by atoms with E-state index in [-0.39, 0.29) is 12.0 Å². The second kappa shape index (κ2) is 7.30. The lowest BCUT2D eigenvalue weighted by Crippen LogP contribution is -2.31. The molecule has 1 aromatic heterocycles. The number of rotatable bonds is 6. The molecule has 1 aromatic carbocycles. The fourth-order valence-electron chi connectivity index (χ4n) is 1.75. The number of nitrogens with zero attached hydrogens (tertiary/aromatic N) is 3. The van der Waals surface area contributed by atoms with Crippen molar-refractivity contribution >= 4 is 21.5 Å². The van der Waals surface area contributed by atoms with E-state index >= 15 is 0 Å². The molecule has 0 atom stereocenters. The number of halogens is 4. The molecule has 0 fully saturated rings. The first kappa shape index (κ1) is 20.3. The van der Waals surface area contributed by atoms with Crippen LogP contribution in [0.2, 0.25) is 0 Å². The molecule has 0 aliphatic heterocycles. The Morgan fingerprint density at radius 3 is 2.11 bits per heavy atom. The van der Waals surface area contributed by atoms with Crippen molar-refractivity contribution in [3.63, 3.8) is 0 Å². The molecule has 0 saturated heterocycles. The minimum Gasteiger partial charge on any atom is -0.467 e. The number of ether oxygens (including phenoxy) is 2. The monoisotopic (exact) mass is 410 g/mol. The van der Waals surface area contributed by atoms with Crippen molar-refractivity contribution in [2.75, 3.05) is 18.9 Å². The van der Waals surface area contributed by atoms with Crippen LogP contribution in [0.15, 0.2) is 18.2 Å². The van der Waals surface area contributed by atoms with Gasteiger partial charge in [-0.1, -0.05) is 6.07 Å². The van der Waals surface area contributed by atoms with Gasteiger partial charge in [-0.05, 0) is 12.1 Å². The summed E-state index contributed by atoms with van der Waals surface area (Å²) in [6.45, 7) is 0. The summed E-state index contributed by atoms with van der Waals surface area (Å²) < 4.78 is 84.8. The van der Waals surface area contributed by atoms with Crippen molar-refractivity contribution in [1.29, 1.82) is 0 Å². The first-order valence-electron chi connectivity index (χ1n) is 6.76. The van der Waals surface area contributed by atoms with E-state index in [1.807, 2.05) is 0 Å². The molecule has 0 aliphatic rings. The normalized spacial score (nSPS) is 11.8. The summed E-state index contributed by atoms with van der Waals surface area (Å²) in [4.78, 5) is 23.4. The maximum Gasteiger partial charge on any atom is 0.516 e. The molecule has 0 radical (unpaired) electrons. The van der Waals surface area contributed by atoms with Gasteiger partial charge >= 0.3 is 27.6 Å². The van der Waals surface area contributed by atoms with E-state index in [0.717, 1.165) is 31.1 Å². The third-order valence-electron chi connectivity index (χ3n) is 2.96. The molecular formula is C13H10F4N4O5S. The summed E-state index contributed by atoms with van der Waals surface area (Å²) in [5, 5.41) is 0. The number of para-hydroxylation sites is 1. The first-order chi connectivity index (χ1) is 12.5. The third-order valence-corrected chi connectivity index (χ3v) is 4.04. The lowest BCUT2D eigenvalue weighted by molar-refractivity contribution is -0.0429. The average Bonchev–Trinajstić information content (AvgIpc) is 2.61. The van der Waals surface area contributed by atoms with Gasteiger partial charge in [0, 0.05) is 0 Å². The zero-order valence-corrected chi connectivity index (χ0v) is 14.4. The van der Waals surface area contributed by atoms with Crippen LogP contribution in [0.3, 0.4) is 0 Å². The third kappa shape index (κ3) is 4.21. The zero-order valence-electron chi connectivity index (χ0n) is 13.5. The number of methoxy groups -OCH3 is 2. The highest BCUT2D eigenvalue weighted by atomic mass is 32.2. The highest BCUT2D eigenvalue weighted by Crippen LogP contribution is 2.29. The summed E-state index contributed by atoms with van der Waals surface area (Å²) >= 11 is 0. The second-order valence-corrected chi connectivity index (χ2v) is 6.35. The number of alkyl halides is 3. The summed E-state index contributed by atoms with van der Waals surface area (Å²) in [5.41, 5.74) is -7.70. The number of ketones is 1. The van der Waals surface area contributed by atoms with Crippen LogP contribution in [-0.4, -0.2) is 48.9 Å². The summed E-state index contributed by atoms with van der Waals surface area (Å²) in [6, 6.07) is 1.82. The van der Waals surface area contributed by atoms with Crippen LogP contribution < -0.4 is 14.2 Å². The van der Waals surface area contributed by atoms with Gasteiger partial charge in [-0.2, -0.15) is 31.6 Å². The molecule has 0 aliphatic carbocycles. The van der Waals surface area contributed by atoms with Gasteiger partial charge in [0.1, 0.15) is 5.82 Å². The number of hydrogen-bond acceptors (Lipinski definition) is 8. The Kier molecular flexibility index (Phi) is 5.48. The van der Waals surface area contributed by atoms with Gasteiger partial charge in [0.05, 0.1) is 25.5 Å². The molecule has 0 saturated carbocycles. The van der Waals surface area contributed by atoms with Crippen molar-refractivity contribution in [2.45, 2.75) is 5.51 Å². The number of nitrogens with one attached hydrogen (secondary N) is 1. The van der Waals surface area contributed by atoms with Crippen LogP contribution in [0.1, 0.15) is 16.2 Å². The van der Waals surface area contributed by atoms with Crippen molar-refractivity contribution in [1.82, 2.24) is 15.0 Å². The number of aromatic nitrogens is 3. The van der Waals surface area contributed by atoms with Gasteiger partial charge in [0.15, 0.2) is 0 Å². The number of carbonyl (C=O) groups is 1. The zero-order chi connectivity index (χ0) is 20.4. The van der Waals surface area contributed by atoms with Gasteiger partial charge in [0.25, 0.3) is 0 Å². The quantitative estimate of drug-likeness (QED) is 0.562. The Morgan fingerprint density at radius 2 is 1.63 bits per heavy atom. The number of hydrogen-bond donors (Lipinski definition) is 1. The van der Waals surface area contributed by atoms with Crippen molar-refractivity contribution in [3.05, 3.63) is 35.4 Å². The van der Waals surface area contributed by atoms with Gasteiger partial charge in [0.2, 0.25) is 11.6 Å². The fourth-order valence-corrected chi connectivity index (χ4v) is 2.34. The molecule has 146 valence electrons. The predicted octanol–water partition coefficient (Wildman–Crippen LogP) is 1.52.